The summed E-state index contributed by atoms with van der Waals surface area (Å²) in [4.78, 5) is 6.95. The third-order valence-electron chi connectivity index (χ3n) is 5.34. The summed E-state index contributed by atoms with van der Waals surface area (Å²) in [5.41, 5.74) is 3.49. The maximum Gasteiger partial charge on any atom is 0.191 e. The largest absolute Gasteiger partial charge is 0.383 e. The van der Waals surface area contributed by atoms with Crippen LogP contribution in [0.4, 0.5) is 0 Å². The summed E-state index contributed by atoms with van der Waals surface area (Å²) in [5.74, 6) is 0.856. The second-order valence-electron chi connectivity index (χ2n) is 7.33. The lowest BCUT2D eigenvalue weighted by Crippen LogP contribution is -2.38. The quantitative estimate of drug-likeness (QED) is 0.234. The summed E-state index contributed by atoms with van der Waals surface area (Å²) in [6.07, 6.45) is 6.65. The Kier molecular flexibility index (Phi) is 12.7. The summed E-state index contributed by atoms with van der Waals surface area (Å²) < 4.78 is 7.18. The molecule has 7 nitrogen and oxygen atoms in total. The minimum absolute atomic E-state index is 0. The van der Waals surface area contributed by atoms with Crippen molar-refractivity contribution in [3.8, 4) is 0 Å². The van der Waals surface area contributed by atoms with Crippen molar-refractivity contribution in [2.75, 3.05) is 46.9 Å². The van der Waals surface area contributed by atoms with E-state index in [0.29, 0.717) is 6.61 Å². The van der Waals surface area contributed by atoms with Crippen LogP contribution in [0, 0.1) is 13.8 Å². The van der Waals surface area contributed by atoms with Gasteiger partial charge in [-0.15, -0.1) is 24.0 Å². The van der Waals surface area contributed by atoms with Gasteiger partial charge in [0.25, 0.3) is 0 Å². The molecule has 8 heteroatoms. The molecule has 2 rings (SSSR count). The van der Waals surface area contributed by atoms with Gasteiger partial charge in [0.15, 0.2) is 5.96 Å². The van der Waals surface area contributed by atoms with Gasteiger partial charge in [-0.2, -0.15) is 5.10 Å². The van der Waals surface area contributed by atoms with Gasteiger partial charge in [-0.3, -0.25) is 9.67 Å². The third kappa shape index (κ3) is 8.24. The number of guanidine groups is 1. The number of rotatable bonds is 9. The second-order valence-corrected chi connectivity index (χ2v) is 7.33. The van der Waals surface area contributed by atoms with Crippen molar-refractivity contribution in [3.63, 3.8) is 0 Å². The third-order valence-corrected chi connectivity index (χ3v) is 5.34. The van der Waals surface area contributed by atoms with Crippen LogP contribution in [-0.2, 0) is 17.8 Å². The molecule has 2 heterocycles. The fourth-order valence-electron chi connectivity index (χ4n) is 3.65. The molecule has 0 atom stereocenters. The molecular weight excluding hydrogens is 467 g/mol. The Morgan fingerprint density at radius 3 is 2.46 bits per heavy atom. The van der Waals surface area contributed by atoms with Crippen molar-refractivity contribution in [2.45, 2.75) is 59.0 Å². The Bertz CT molecular complexity index is 581. The zero-order valence-electron chi connectivity index (χ0n) is 18.1. The number of halogens is 1. The van der Waals surface area contributed by atoms with E-state index < -0.39 is 0 Å². The number of methoxy groups -OCH3 is 1. The second kappa shape index (κ2) is 14.2. The van der Waals surface area contributed by atoms with Crippen molar-refractivity contribution in [1.82, 2.24) is 25.3 Å². The van der Waals surface area contributed by atoms with Crippen LogP contribution >= 0.6 is 24.0 Å². The first kappa shape index (κ1) is 25.2. The van der Waals surface area contributed by atoms with Crippen LogP contribution in [0.1, 0.15) is 49.1 Å². The lowest BCUT2D eigenvalue weighted by atomic mass is 10.2. The Morgan fingerprint density at radius 2 is 1.82 bits per heavy atom. The van der Waals surface area contributed by atoms with Crippen molar-refractivity contribution in [3.05, 3.63) is 17.0 Å². The van der Waals surface area contributed by atoms with E-state index in [1.807, 2.05) is 11.7 Å². The highest BCUT2D eigenvalue weighted by molar-refractivity contribution is 14.0. The minimum Gasteiger partial charge on any atom is -0.383 e. The van der Waals surface area contributed by atoms with E-state index in [1.165, 1.54) is 56.6 Å². The van der Waals surface area contributed by atoms with Gasteiger partial charge < -0.3 is 20.3 Å². The van der Waals surface area contributed by atoms with E-state index >= 15 is 0 Å². The number of hydrogen-bond acceptors (Lipinski definition) is 4. The van der Waals surface area contributed by atoms with Gasteiger partial charge in [0, 0.05) is 38.5 Å². The summed E-state index contributed by atoms with van der Waals surface area (Å²) >= 11 is 0. The highest BCUT2D eigenvalue weighted by atomic mass is 127. The maximum atomic E-state index is 5.16. The molecule has 0 radical (unpaired) electrons. The zero-order chi connectivity index (χ0) is 19.5. The van der Waals surface area contributed by atoms with Gasteiger partial charge >= 0.3 is 0 Å². The van der Waals surface area contributed by atoms with E-state index in [4.69, 9.17) is 4.74 Å². The molecule has 1 aliphatic rings. The molecule has 0 aliphatic carbocycles. The van der Waals surface area contributed by atoms with Crippen LogP contribution in [-0.4, -0.2) is 67.6 Å². The zero-order valence-corrected chi connectivity index (χ0v) is 20.4. The van der Waals surface area contributed by atoms with E-state index in [1.54, 1.807) is 7.11 Å². The minimum atomic E-state index is 0. The monoisotopic (exact) mass is 506 g/mol. The number of aliphatic imine (C=N–C) groups is 1. The Hall–Kier alpha value is -0.870. The molecule has 28 heavy (non-hydrogen) atoms. The molecule has 0 aromatic carbocycles. The molecule has 0 unspecified atom stereocenters. The van der Waals surface area contributed by atoms with Gasteiger partial charge in [0.05, 0.1) is 18.8 Å². The van der Waals surface area contributed by atoms with Crippen LogP contribution in [0.5, 0.6) is 0 Å². The number of hydrogen-bond donors (Lipinski definition) is 2. The predicted molar refractivity (Wildman–Crippen MR) is 127 cm³/mol. The fourth-order valence-corrected chi connectivity index (χ4v) is 3.65. The molecule has 1 aliphatic heterocycles. The summed E-state index contributed by atoms with van der Waals surface area (Å²) in [6, 6.07) is 0. The van der Waals surface area contributed by atoms with Crippen molar-refractivity contribution < 1.29 is 4.74 Å². The molecule has 0 spiro atoms. The van der Waals surface area contributed by atoms with Crippen LogP contribution in [0.15, 0.2) is 4.99 Å². The van der Waals surface area contributed by atoms with Crippen molar-refractivity contribution in [1.29, 1.82) is 0 Å². The Balaban J connectivity index is 0.00000392. The first-order valence-corrected chi connectivity index (χ1v) is 10.3. The highest BCUT2D eigenvalue weighted by Gasteiger charge is 2.12. The molecule has 0 amide bonds. The van der Waals surface area contributed by atoms with Crippen LogP contribution < -0.4 is 10.6 Å². The number of ether oxygens (including phenoxy) is 1. The highest BCUT2D eigenvalue weighted by Crippen LogP contribution is 2.13. The van der Waals surface area contributed by atoms with E-state index in [0.717, 1.165) is 37.7 Å². The Morgan fingerprint density at radius 1 is 1.11 bits per heavy atom. The molecule has 0 saturated carbocycles. The van der Waals surface area contributed by atoms with Crippen molar-refractivity contribution in [2.24, 2.45) is 4.99 Å². The first-order valence-electron chi connectivity index (χ1n) is 10.3. The Labute approximate surface area is 187 Å². The summed E-state index contributed by atoms with van der Waals surface area (Å²) in [6.45, 7) is 11.0. The van der Waals surface area contributed by atoms with E-state index in [2.05, 4.69) is 39.5 Å². The van der Waals surface area contributed by atoms with Gasteiger partial charge in [0.1, 0.15) is 0 Å². The number of nitrogens with zero attached hydrogens (tertiary/aromatic N) is 4. The number of aromatic nitrogens is 2. The standard InChI is InChI=1S/C20H38N6O.HI/c1-17-19(18(2)26(24-17)14-15-27-4)16-23-20(21-3)22-10-9-13-25-11-7-5-6-8-12-25;/h5-16H2,1-4H3,(H2,21,22,23);1H. The molecule has 162 valence electrons. The lowest BCUT2D eigenvalue weighted by molar-refractivity contribution is 0.182. The van der Waals surface area contributed by atoms with Crippen LogP contribution in [0.25, 0.3) is 0 Å². The molecule has 2 N–H and O–H groups in total. The lowest BCUT2D eigenvalue weighted by Gasteiger charge is -2.20. The topological polar surface area (TPSA) is 66.7 Å². The van der Waals surface area contributed by atoms with Crippen molar-refractivity contribution >= 4 is 29.9 Å². The molecular formula is C20H39IN6O. The van der Waals surface area contributed by atoms with Gasteiger partial charge in [-0.1, -0.05) is 12.8 Å². The number of likely N-dealkylation sites (tertiary alicyclic amines) is 1. The SMILES string of the molecule is CN=C(NCCCN1CCCCCC1)NCc1c(C)nn(CCOC)c1C.I. The molecule has 1 fully saturated rings. The average Bonchev–Trinajstić information content (AvgIpc) is 2.85. The van der Waals surface area contributed by atoms with Crippen LogP contribution in [0.3, 0.4) is 0 Å². The average molecular weight is 506 g/mol. The smallest absolute Gasteiger partial charge is 0.191 e. The van der Waals surface area contributed by atoms with Gasteiger partial charge in [-0.25, -0.2) is 0 Å². The molecule has 0 bridgehead atoms. The maximum absolute atomic E-state index is 5.16. The first-order chi connectivity index (χ1) is 13.2. The summed E-state index contributed by atoms with van der Waals surface area (Å²) in [5, 5.41) is 11.5. The number of nitrogens with one attached hydrogen (secondary N) is 2. The molecule has 1 aromatic rings. The van der Waals surface area contributed by atoms with Gasteiger partial charge in [0.2, 0.25) is 0 Å². The summed E-state index contributed by atoms with van der Waals surface area (Å²) in [7, 11) is 3.54. The molecule has 1 aromatic heterocycles. The van der Waals surface area contributed by atoms with E-state index in [-0.39, 0.29) is 24.0 Å². The van der Waals surface area contributed by atoms with Crippen LogP contribution in [0.2, 0.25) is 0 Å². The fraction of sp³-hybridized carbons (Fsp3) is 0.800. The molecule has 1 saturated heterocycles. The van der Waals surface area contributed by atoms with Gasteiger partial charge in [-0.05, 0) is 52.7 Å². The number of aryl methyl sites for hydroxylation is 1. The van der Waals surface area contributed by atoms with E-state index in [9.17, 15) is 0 Å². The predicted octanol–water partition coefficient (Wildman–Crippen LogP) is 2.70. The normalized spacial score (nSPS) is 15.8.